The van der Waals surface area contributed by atoms with Gasteiger partial charge in [0.25, 0.3) is 0 Å². The minimum atomic E-state index is -3.88. The van der Waals surface area contributed by atoms with Crippen molar-refractivity contribution >= 4 is 22.4 Å². The molecule has 0 aliphatic rings. The minimum Gasteiger partial charge on any atom is -0.329 e. The summed E-state index contributed by atoms with van der Waals surface area (Å²) in [4.78, 5) is -0.357. The number of nitrogens with one attached hydrogen (secondary N) is 1. The molecule has 7 heteroatoms. The maximum atomic E-state index is 13.6. The quantitative estimate of drug-likeness (QED) is 0.886. The van der Waals surface area contributed by atoms with Gasteiger partial charge in [-0.3, -0.25) is 0 Å². The van der Waals surface area contributed by atoms with E-state index in [0.717, 1.165) is 0 Å². The smallest absolute Gasteiger partial charge is 0.244 e. The van der Waals surface area contributed by atoms with Crippen LogP contribution in [0.1, 0.15) is 19.4 Å². The zero-order valence-electron chi connectivity index (χ0n) is 10.5. The maximum Gasteiger partial charge on any atom is 0.244 e. The molecular weight excluding hydrogens is 279 g/mol. The monoisotopic (exact) mass is 296 g/mol. The fraction of sp³-hybridized carbons (Fsp3) is 0.455. The van der Waals surface area contributed by atoms with Crippen LogP contribution in [0.2, 0.25) is 0 Å². The van der Waals surface area contributed by atoms with E-state index in [-0.39, 0.29) is 23.8 Å². The van der Waals surface area contributed by atoms with Gasteiger partial charge >= 0.3 is 0 Å². The molecule has 3 N–H and O–H groups in total. The van der Waals surface area contributed by atoms with Crippen LogP contribution in [0.3, 0.4) is 0 Å². The lowest BCUT2D eigenvalue weighted by molar-refractivity contribution is 0.459. The molecule has 0 aromatic heterocycles. The number of halogens is 2. The van der Waals surface area contributed by atoms with Crippen molar-refractivity contribution in [3.05, 3.63) is 29.6 Å². The lowest BCUT2D eigenvalue weighted by atomic mass is 10.1. The Balaban J connectivity index is 0.00000289. The SMILES string of the molecule is Cc1ccc(S(=O)(=O)NC(C)(C)CN)c(F)c1.Cl. The van der Waals surface area contributed by atoms with E-state index < -0.39 is 21.4 Å². The van der Waals surface area contributed by atoms with E-state index >= 15 is 0 Å². The second kappa shape index (κ2) is 5.97. The molecule has 0 amide bonds. The van der Waals surface area contributed by atoms with Crippen LogP contribution in [0.25, 0.3) is 0 Å². The van der Waals surface area contributed by atoms with Crippen molar-refractivity contribution in [3.8, 4) is 0 Å². The van der Waals surface area contributed by atoms with Crippen LogP contribution < -0.4 is 10.5 Å². The Morgan fingerprint density at radius 3 is 2.39 bits per heavy atom. The minimum absolute atomic E-state index is 0. The van der Waals surface area contributed by atoms with Crippen molar-refractivity contribution in [2.75, 3.05) is 6.54 Å². The highest BCUT2D eigenvalue weighted by atomic mass is 35.5. The summed E-state index contributed by atoms with van der Waals surface area (Å²) in [5.74, 6) is -0.759. The molecule has 0 unspecified atom stereocenters. The Bertz CT molecular complexity index is 518. The Labute approximate surface area is 113 Å². The number of nitrogens with two attached hydrogens (primary N) is 1. The first-order valence-corrected chi connectivity index (χ1v) is 6.66. The molecule has 1 aromatic rings. The van der Waals surface area contributed by atoms with Gasteiger partial charge in [-0.2, -0.15) is 0 Å². The number of hydrogen-bond donors (Lipinski definition) is 2. The van der Waals surface area contributed by atoms with Crippen LogP contribution in [0.4, 0.5) is 4.39 Å². The van der Waals surface area contributed by atoms with Crippen molar-refractivity contribution in [2.24, 2.45) is 5.73 Å². The molecule has 0 aliphatic carbocycles. The predicted molar refractivity (Wildman–Crippen MR) is 71.8 cm³/mol. The zero-order valence-corrected chi connectivity index (χ0v) is 12.2. The normalized spacial score (nSPS) is 12.1. The molecule has 1 rings (SSSR count). The van der Waals surface area contributed by atoms with Gasteiger partial charge in [-0.1, -0.05) is 6.07 Å². The number of benzene rings is 1. The van der Waals surface area contributed by atoms with Gasteiger partial charge in [0, 0.05) is 12.1 Å². The van der Waals surface area contributed by atoms with E-state index in [9.17, 15) is 12.8 Å². The first kappa shape index (κ1) is 17.3. The average molecular weight is 297 g/mol. The number of sulfonamides is 1. The van der Waals surface area contributed by atoms with Crippen LogP contribution >= 0.6 is 12.4 Å². The Kier molecular flexibility index (Phi) is 5.74. The molecule has 0 spiro atoms. The molecule has 0 aliphatic heterocycles. The van der Waals surface area contributed by atoms with Crippen molar-refractivity contribution in [1.82, 2.24) is 4.72 Å². The van der Waals surface area contributed by atoms with Gasteiger partial charge in [-0.15, -0.1) is 12.4 Å². The zero-order chi connectivity index (χ0) is 13.3. The summed E-state index contributed by atoms with van der Waals surface area (Å²) in [7, 11) is -3.88. The molecule has 0 atom stereocenters. The molecule has 1 aromatic carbocycles. The van der Waals surface area contributed by atoms with Gasteiger partial charge in [-0.05, 0) is 38.5 Å². The fourth-order valence-corrected chi connectivity index (χ4v) is 2.77. The first-order valence-electron chi connectivity index (χ1n) is 5.18. The van der Waals surface area contributed by atoms with E-state index in [1.807, 2.05) is 0 Å². The standard InChI is InChI=1S/C11H17FN2O2S.ClH/c1-8-4-5-10(9(12)6-8)17(15,16)14-11(2,3)7-13;/h4-6,14H,7,13H2,1-3H3;1H. The molecule has 4 nitrogen and oxygen atoms in total. The van der Waals surface area contributed by atoms with Gasteiger partial charge in [0.1, 0.15) is 10.7 Å². The topological polar surface area (TPSA) is 72.2 Å². The second-order valence-corrected chi connectivity index (χ2v) is 6.28. The van der Waals surface area contributed by atoms with Crippen LogP contribution in [-0.4, -0.2) is 20.5 Å². The van der Waals surface area contributed by atoms with Crippen LogP contribution in [0.15, 0.2) is 23.1 Å². The molecule has 0 heterocycles. The highest BCUT2D eigenvalue weighted by Gasteiger charge is 2.26. The maximum absolute atomic E-state index is 13.6. The van der Waals surface area contributed by atoms with Crippen LogP contribution in [0.5, 0.6) is 0 Å². The molecule has 0 saturated carbocycles. The largest absolute Gasteiger partial charge is 0.329 e. The second-order valence-electron chi connectivity index (χ2n) is 4.63. The van der Waals surface area contributed by atoms with Gasteiger partial charge < -0.3 is 5.73 Å². The number of aryl methyl sites for hydroxylation is 1. The van der Waals surface area contributed by atoms with Gasteiger partial charge in [0.15, 0.2) is 0 Å². The third-order valence-electron chi connectivity index (χ3n) is 2.30. The van der Waals surface area contributed by atoms with Crippen LogP contribution in [0, 0.1) is 12.7 Å². The van der Waals surface area contributed by atoms with Crippen molar-refractivity contribution < 1.29 is 12.8 Å². The van der Waals surface area contributed by atoms with E-state index in [2.05, 4.69) is 4.72 Å². The third kappa shape index (κ3) is 4.20. The van der Waals surface area contributed by atoms with Crippen LogP contribution in [-0.2, 0) is 10.0 Å². The molecular formula is C11H18ClFN2O2S. The van der Waals surface area contributed by atoms with Crippen molar-refractivity contribution in [3.63, 3.8) is 0 Å². The fourth-order valence-electron chi connectivity index (χ4n) is 1.28. The summed E-state index contributed by atoms with van der Waals surface area (Å²) < 4.78 is 39.8. The number of rotatable bonds is 4. The summed E-state index contributed by atoms with van der Waals surface area (Å²) in [6, 6.07) is 3.98. The molecule has 0 bridgehead atoms. The molecule has 0 saturated heterocycles. The first-order chi connectivity index (χ1) is 7.68. The van der Waals surface area contributed by atoms with Gasteiger partial charge in [-0.25, -0.2) is 17.5 Å². The van der Waals surface area contributed by atoms with E-state index in [4.69, 9.17) is 5.73 Å². The van der Waals surface area contributed by atoms with Gasteiger partial charge in [0.05, 0.1) is 0 Å². The van der Waals surface area contributed by atoms with E-state index in [0.29, 0.717) is 5.56 Å². The highest BCUT2D eigenvalue weighted by Crippen LogP contribution is 2.17. The molecule has 104 valence electrons. The Morgan fingerprint density at radius 1 is 1.39 bits per heavy atom. The summed E-state index contributed by atoms with van der Waals surface area (Å²) >= 11 is 0. The van der Waals surface area contributed by atoms with Gasteiger partial charge in [0.2, 0.25) is 10.0 Å². The summed E-state index contributed by atoms with van der Waals surface area (Å²) in [6.07, 6.45) is 0. The molecule has 0 fully saturated rings. The van der Waals surface area contributed by atoms with Crippen molar-refractivity contribution in [2.45, 2.75) is 31.2 Å². The Hall–Kier alpha value is -0.690. The highest BCUT2D eigenvalue weighted by molar-refractivity contribution is 7.89. The predicted octanol–water partition coefficient (Wildman–Crippen LogP) is 1.57. The van der Waals surface area contributed by atoms with Crippen molar-refractivity contribution in [1.29, 1.82) is 0 Å². The third-order valence-corrected chi connectivity index (χ3v) is 4.03. The summed E-state index contributed by atoms with van der Waals surface area (Å²) in [5.41, 5.74) is 5.29. The lowest BCUT2D eigenvalue weighted by Gasteiger charge is -2.24. The molecule has 0 radical (unpaired) electrons. The van der Waals surface area contributed by atoms with E-state index in [1.165, 1.54) is 12.1 Å². The number of hydrogen-bond acceptors (Lipinski definition) is 3. The molecule has 18 heavy (non-hydrogen) atoms. The Morgan fingerprint density at radius 2 is 1.94 bits per heavy atom. The average Bonchev–Trinajstić information content (AvgIpc) is 2.15. The summed E-state index contributed by atoms with van der Waals surface area (Å²) in [5, 5.41) is 0. The summed E-state index contributed by atoms with van der Waals surface area (Å²) in [6.45, 7) is 5.09. The van der Waals surface area contributed by atoms with E-state index in [1.54, 1.807) is 26.8 Å². The lowest BCUT2D eigenvalue weighted by Crippen LogP contribution is -2.48.